The summed E-state index contributed by atoms with van der Waals surface area (Å²) >= 11 is 0. The van der Waals surface area contributed by atoms with E-state index in [1.165, 1.54) is 13.0 Å². The molecule has 0 fully saturated rings. The third kappa shape index (κ3) is 5.33. The number of nitriles is 1. The Morgan fingerprint density at radius 1 is 1.04 bits per heavy atom. The van der Waals surface area contributed by atoms with Crippen molar-refractivity contribution >= 4 is 17.8 Å². The van der Waals surface area contributed by atoms with Gasteiger partial charge in [0.25, 0.3) is 0 Å². The van der Waals surface area contributed by atoms with Crippen LogP contribution in [0.1, 0.15) is 18.1 Å². The molecule has 0 aliphatic rings. The number of para-hydroxylation sites is 1. The van der Waals surface area contributed by atoms with Crippen LogP contribution in [0.4, 0.5) is 0 Å². The summed E-state index contributed by atoms with van der Waals surface area (Å²) in [6, 6.07) is 17.9. The normalized spacial score (nSPS) is 10.6. The lowest BCUT2D eigenvalue weighted by Crippen LogP contribution is -2.17. The second-order valence-corrected chi connectivity index (χ2v) is 5.11. The standard InChI is InChI=1S/C20H17NO4/c1-15(22)19(13-16-7-5-6-8-17(16)14-21)20(23)25-12-11-24-18-9-3-2-4-10-18/h2-10,13H,11-12H2,1H3/b19-13-. The van der Waals surface area contributed by atoms with E-state index in [2.05, 4.69) is 0 Å². The number of ketones is 1. The van der Waals surface area contributed by atoms with E-state index in [0.29, 0.717) is 16.9 Å². The van der Waals surface area contributed by atoms with Crippen molar-refractivity contribution in [2.24, 2.45) is 0 Å². The van der Waals surface area contributed by atoms with Crippen LogP contribution in [0.3, 0.4) is 0 Å². The topological polar surface area (TPSA) is 76.4 Å². The monoisotopic (exact) mass is 335 g/mol. The van der Waals surface area contributed by atoms with Crippen molar-refractivity contribution in [3.8, 4) is 11.8 Å². The number of nitrogens with zero attached hydrogens (tertiary/aromatic N) is 1. The summed E-state index contributed by atoms with van der Waals surface area (Å²) in [5.41, 5.74) is 0.761. The van der Waals surface area contributed by atoms with Crippen LogP contribution in [0.15, 0.2) is 60.2 Å². The maximum atomic E-state index is 12.2. The van der Waals surface area contributed by atoms with Gasteiger partial charge in [-0.15, -0.1) is 0 Å². The molecule has 0 amide bonds. The summed E-state index contributed by atoms with van der Waals surface area (Å²) < 4.78 is 10.5. The first-order valence-corrected chi connectivity index (χ1v) is 7.68. The van der Waals surface area contributed by atoms with Gasteiger partial charge in [0, 0.05) is 0 Å². The molecule has 0 spiro atoms. The number of Topliss-reactive ketones (excluding diaryl/α,β-unsaturated/α-hetero) is 1. The summed E-state index contributed by atoms with van der Waals surface area (Å²) in [5.74, 6) is -0.498. The number of ether oxygens (including phenoxy) is 2. The molecule has 5 nitrogen and oxygen atoms in total. The number of carbonyl (C=O) groups excluding carboxylic acids is 2. The molecule has 0 saturated carbocycles. The van der Waals surface area contributed by atoms with Gasteiger partial charge in [0.2, 0.25) is 0 Å². The van der Waals surface area contributed by atoms with Gasteiger partial charge in [-0.05, 0) is 36.8 Å². The zero-order valence-electron chi connectivity index (χ0n) is 13.8. The molecule has 126 valence electrons. The van der Waals surface area contributed by atoms with Gasteiger partial charge in [0.1, 0.15) is 24.5 Å². The highest BCUT2D eigenvalue weighted by Gasteiger charge is 2.17. The van der Waals surface area contributed by atoms with Crippen molar-refractivity contribution in [2.45, 2.75) is 6.92 Å². The van der Waals surface area contributed by atoms with Crippen LogP contribution in [0.2, 0.25) is 0 Å². The molecular weight excluding hydrogens is 318 g/mol. The Morgan fingerprint density at radius 2 is 1.72 bits per heavy atom. The van der Waals surface area contributed by atoms with Crippen LogP contribution < -0.4 is 4.74 Å². The lowest BCUT2D eigenvalue weighted by Gasteiger charge is -2.08. The second-order valence-electron chi connectivity index (χ2n) is 5.11. The smallest absolute Gasteiger partial charge is 0.341 e. The number of hydrogen-bond donors (Lipinski definition) is 0. The maximum absolute atomic E-state index is 12.2. The highest BCUT2D eigenvalue weighted by molar-refractivity contribution is 6.19. The molecule has 0 N–H and O–H groups in total. The van der Waals surface area contributed by atoms with Gasteiger partial charge in [-0.1, -0.05) is 36.4 Å². The average molecular weight is 335 g/mol. The summed E-state index contributed by atoms with van der Waals surface area (Å²) in [7, 11) is 0. The van der Waals surface area contributed by atoms with Crippen LogP contribution in [0.5, 0.6) is 5.75 Å². The molecule has 25 heavy (non-hydrogen) atoms. The molecule has 0 bridgehead atoms. The van der Waals surface area contributed by atoms with E-state index < -0.39 is 11.8 Å². The highest BCUT2D eigenvalue weighted by atomic mass is 16.6. The summed E-state index contributed by atoms with van der Waals surface area (Å²) in [4.78, 5) is 23.9. The Kier molecular flexibility index (Phi) is 6.49. The fraction of sp³-hybridized carbons (Fsp3) is 0.150. The van der Waals surface area contributed by atoms with Crippen molar-refractivity contribution in [1.29, 1.82) is 5.26 Å². The van der Waals surface area contributed by atoms with Crippen LogP contribution in [0.25, 0.3) is 6.08 Å². The summed E-state index contributed by atoms with van der Waals surface area (Å²) in [6.45, 7) is 1.47. The fourth-order valence-electron chi connectivity index (χ4n) is 2.07. The van der Waals surface area contributed by atoms with Gasteiger partial charge in [-0.2, -0.15) is 5.26 Å². The SMILES string of the molecule is CC(=O)/C(=C/c1ccccc1C#N)C(=O)OCCOc1ccccc1. The first-order chi connectivity index (χ1) is 12.1. The van der Waals surface area contributed by atoms with E-state index in [1.54, 1.807) is 36.4 Å². The molecule has 0 unspecified atom stereocenters. The zero-order valence-corrected chi connectivity index (χ0v) is 13.8. The van der Waals surface area contributed by atoms with E-state index in [0.717, 1.165) is 0 Å². The average Bonchev–Trinajstić information content (AvgIpc) is 2.64. The summed E-state index contributed by atoms with van der Waals surface area (Å²) in [5, 5.41) is 9.09. The maximum Gasteiger partial charge on any atom is 0.341 e. The molecule has 2 aromatic carbocycles. The van der Waals surface area contributed by atoms with E-state index in [-0.39, 0.29) is 18.8 Å². The summed E-state index contributed by atoms with van der Waals surface area (Å²) in [6.07, 6.45) is 1.38. The quantitative estimate of drug-likeness (QED) is 0.255. The molecule has 2 rings (SSSR count). The fourth-order valence-corrected chi connectivity index (χ4v) is 2.07. The van der Waals surface area contributed by atoms with Crippen molar-refractivity contribution in [2.75, 3.05) is 13.2 Å². The van der Waals surface area contributed by atoms with Crippen molar-refractivity contribution in [3.63, 3.8) is 0 Å². The Labute approximate surface area is 146 Å². The minimum absolute atomic E-state index is 0.0121. The number of rotatable bonds is 7. The predicted octanol–water partition coefficient (Wildman–Crippen LogP) is 3.15. The largest absolute Gasteiger partial charge is 0.490 e. The van der Waals surface area contributed by atoms with Crippen LogP contribution >= 0.6 is 0 Å². The van der Waals surface area contributed by atoms with Gasteiger partial charge < -0.3 is 9.47 Å². The van der Waals surface area contributed by atoms with Crippen LogP contribution in [0, 0.1) is 11.3 Å². The minimum atomic E-state index is -0.739. The lowest BCUT2D eigenvalue weighted by molar-refractivity contribution is -0.140. The number of esters is 1. The Morgan fingerprint density at radius 3 is 2.40 bits per heavy atom. The van der Waals surface area contributed by atoms with Gasteiger partial charge in [-0.3, -0.25) is 4.79 Å². The molecule has 0 aliphatic heterocycles. The highest BCUT2D eigenvalue weighted by Crippen LogP contribution is 2.14. The molecule has 0 aromatic heterocycles. The van der Waals surface area contributed by atoms with E-state index in [9.17, 15) is 9.59 Å². The van der Waals surface area contributed by atoms with E-state index in [4.69, 9.17) is 14.7 Å². The molecule has 0 atom stereocenters. The zero-order chi connectivity index (χ0) is 18.1. The molecule has 0 heterocycles. The number of carbonyl (C=O) groups is 2. The molecule has 0 radical (unpaired) electrons. The lowest BCUT2D eigenvalue weighted by atomic mass is 10.0. The number of hydrogen-bond acceptors (Lipinski definition) is 5. The van der Waals surface area contributed by atoms with Crippen molar-refractivity contribution < 1.29 is 19.1 Å². The molecule has 0 aliphatic carbocycles. The molecule has 5 heteroatoms. The second kappa shape index (κ2) is 9.04. The molecule has 0 saturated heterocycles. The number of benzene rings is 2. The third-order valence-electron chi connectivity index (χ3n) is 3.31. The first kappa shape index (κ1) is 18.0. The van der Waals surface area contributed by atoms with Crippen LogP contribution in [-0.2, 0) is 14.3 Å². The molecule has 2 aromatic rings. The Bertz CT molecular complexity index is 819. The van der Waals surface area contributed by atoms with Gasteiger partial charge in [0.15, 0.2) is 5.78 Å². The predicted molar refractivity (Wildman–Crippen MR) is 92.7 cm³/mol. The Balaban J connectivity index is 2.00. The first-order valence-electron chi connectivity index (χ1n) is 7.68. The van der Waals surface area contributed by atoms with Crippen LogP contribution in [-0.4, -0.2) is 25.0 Å². The van der Waals surface area contributed by atoms with E-state index in [1.807, 2.05) is 24.3 Å². The van der Waals surface area contributed by atoms with Gasteiger partial charge in [-0.25, -0.2) is 4.79 Å². The van der Waals surface area contributed by atoms with Gasteiger partial charge in [0.05, 0.1) is 11.6 Å². The van der Waals surface area contributed by atoms with E-state index >= 15 is 0 Å². The minimum Gasteiger partial charge on any atom is -0.490 e. The molecular formula is C20H17NO4. The third-order valence-corrected chi connectivity index (χ3v) is 3.31. The van der Waals surface area contributed by atoms with Crippen molar-refractivity contribution in [1.82, 2.24) is 0 Å². The van der Waals surface area contributed by atoms with Crippen molar-refractivity contribution in [3.05, 3.63) is 71.3 Å². The Hall–Kier alpha value is -3.39. The van der Waals surface area contributed by atoms with Gasteiger partial charge >= 0.3 is 5.97 Å².